The summed E-state index contributed by atoms with van der Waals surface area (Å²) in [5, 5.41) is 0. The second kappa shape index (κ2) is 13.5. The van der Waals surface area contributed by atoms with Crippen LogP contribution in [0, 0.1) is 71.1 Å². The smallest absolute Gasteiger partial charge is 0.311 e. The number of rotatable bonds is 2. The number of aryl methyl sites for hydroxylation is 6. The van der Waals surface area contributed by atoms with Crippen LogP contribution in [0.15, 0.2) is 36.4 Å². The molecule has 2 aromatic rings. The van der Waals surface area contributed by atoms with Crippen molar-refractivity contribution in [2.24, 2.45) is 29.6 Å². The minimum atomic E-state index is -0.582. The number of carbonyl (C=O) groups is 1. The minimum Gasteiger partial charge on any atom is -0.462 e. The molecule has 2 aromatic carbocycles. The van der Waals surface area contributed by atoms with E-state index in [-0.39, 0.29) is 60.2 Å². The maximum Gasteiger partial charge on any atom is 0.311 e. The molecular weight excluding hydrogens is 576 g/mol. The number of fused-ring (bicyclic) bond motifs is 4. The number of hydrogen-bond donors (Lipinski definition) is 0. The first-order valence-corrected chi connectivity index (χ1v) is 17.2. The number of esters is 1. The fourth-order valence-corrected chi connectivity index (χ4v) is 8.62. The van der Waals surface area contributed by atoms with Gasteiger partial charge in [0, 0.05) is 28.9 Å². The van der Waals surface area contributed by atoms with Gasteiger partial charge in [-0.25, -0.2) is 0 Å². The zero-order chi connectivity index (χ0) is 33.8. The lowest BCUT2D eigenvalue weighted by Gasteiger charge is -2.48. The van der Waals surface area contributed by atoms with Gasteiger partial charge in [-0.2, -0.15) is 0 Å². The highest BCUT2D eigenvalue weighted by atomic mass is 16.7. The van der Waals surface area contributed by atoms with E-state index in [0.29, 0.717) is 0 Å². The van der Waals surface area contributed by atoms with E-state index in [0.717, 1.165) is 45.4 Å². The molecule has 0 aromatic heterocycles. The van der Waals surface area contributed by atoms with Crippen molar-refractivity contribution < 1.29 is 28.5 Å². The van der Waals surface area contributed by atoms with Crippen LogP contribution in [0.3, 0.4) is 0 Å². The molecule has 0 N–H and O–H groups in total. The molecule has 0 amide bonds. The third-order valence-corrected chi connectivity index (χ3v) is 11.1. The standard InChI is InChI=1S/C40H56O6/c1-19-14-21(3)32(22(4)15-19)39-43-34-25(7)18-26(8)35-29(11)37(46-40(44-35)33-23(5)16-20(2)17-24(33)6)30(12)38(41)42-31(13)27(9)36(45-39)28(34)10/h14-17,26-31,34-37,39-40H,7,18H2,1-6,8-13H3/t26-,27-,28-,29+,30+,31+,34-,35-,36-,37-,39?,40?/m0/s1. The van der Waals surface area contributed by atoms with Crippen LogP contribution in [0.2, 0.25) is 0 Å². The monoisotopic (exact) mass is 632 g/mol. The maximum atomic E-state index is 13.9. The summed E-state index contributed by atoms with van der Waals surface area (Å²) in [6, 6.07) is 8.71. The van der Waals surface area contributed by atoms with Gasteiger partial charge in [0.25, 0.3) is 0 Å². The van der Waals surface area contributed by atoms with E-state index in [1.54, 1.807) is 0 Å². The molecule has 0 saturated carbocycles. The number of carbonyl (C=O) groups excluding carboxylic acids is 1. The van der Waals surface area contributed by atoms with E-state index < -0.39 is 18.5 Å². The van der Waals surface area contributed by atoms with Crippen LogP contribution in [0.5, 0.6) is 0 Å². The molecule has 2 unspecified atom stereocenters. The van der Waals surface area contributed by atoms with Crippen molar-refractivity contribution in [1.82, 2.24) is 0 Å². The first-order chi connectivity index (χ1) is 21.6. The van der Waals surface area contributed by atoms with Crippen LogP contribution < -0.4 is 0 Å². The average Bonchev–Trinajstić information content (AvgIpc) is 2.96. The second-order valence-corrected chi connectivity index (χ2v) is 15.0. The highest BCUT2D eigenvalue weighted by molar-refractivity contribution is 5.73. The lowest BCUT2D eigenvalue weighted by atomic mass is 9.77. The van der Waals surface area contributed by atoms with E-state index in [2.05, 4.69) is 100 Å². The second-order valence-electron chi connectivity index (χ2n) is 15.0. The SMILES string of the molecule is C=C1C[C@H](C)[C@@H]2OC(c3c(C)cc(C)cc3C)O[C@@H]([C@@H]2C)[C@@H](C)C(=O)O[C@H](C)[C@H](C)[C@@H]2OC(c3c(C)cc(C)cc3C)O[C@@H]1[C@@H]2C. The molecule has 3 heterocycles. The fourth-order valence-electron chi connectivity index (χ4n) is 8.62. The van der Waals surface area contributed by atoms with Crippen LogP contribution in [0.4, 0.5) is 0 Å². The Morgan fingerprint density at radius 1 is 0.609 bits per heavy atom. The van der Waals surface area contributed by atoms with Crippen molar-refractivity contribution in [3.8, 4) is 0 Å². The first kappa shape index (κ1) is 34.8. The topological polar surface area (TPSA) is 63.2 Å². The molecular formula is C40H56O6. The summed E-state index contributed by atoms with van der Waals surface area (Å²) >= 11 is 0. The largest absolute Gasteiger partial charge is 0.462 e. The Kier molecular flexibility index (Phi) is 10.2. The molecule has 46 heavy (non-hydrogen) atoms. The Bertz CT molecular complexity index is 1420. The Labute approximate surface area is 277 Å². The van der Waals surface area contributed by atoms with Gasteiger partial charge in [0.2, 0.25) is 0 Å². The van der Waals surface area contributed by atoms with Gasteiger partial charge in [0.05, 0.1) is 30.3 Å². The number of cyclic esters (lactones) is 1. The molecule has 3 fully saturated rings. The number of hydrogen-bond acceptors (Lipinski definition) is 6. The molecule has 0 aliphatic carbocycles. The Balaban J connectivity index is 1.55. The molecule has 3 saturated heterocycles. The molecule has 6 heteroatoms. The van der Waals surface area contributed by atoms with Gasteiger partial charge in [-0.15, -0.1) is 0 Å². The quantitative estimate of drug-likeness (QED) is 0.243. The summed E-state index contributed by atoms with van der Waals surface area (Å²) in [6.45, 7) is 29.9. The molecule has 252 valence electrons. The van der Waals surface area contributed by atoms with Crippen LogP contribution >= 0.6 is 0 Å². The molecule has 5 rings (SSSR count). The highest BCUT2D eigenvalue weighted by Gasteiger charge is 2.48. The van der Waals surface area contributed by atoms with Crippen LogP contribution in [0.1, 0.15) is 105 Å². The van der Waals surface area contributed by atoms with E-state index in [1.807, 2.05) is 13.8 Å². The Morgan fingerprint density at radius 2 is 1.07 bits per heavy atom. The zero-order valence-corrected chi connectivity index (χ0v) is 30.1. The third-order valence-electron chi connectivity index (χ3n) is 11.1. The van der Waals surface area contributed by atoms with Crippen LogP contribution in [0.25, 0.3) is 0 Å². The van der Waals surface area contributed by atoms with Gasteiger partial charge >= 0.3 is 5.97 Å². The summed E-state index contributed by atoms with van der Waals surface area (Å²) in [7, 11) is 0. The van der Waals surface area contributed by atoms with E-state index >= 15 is 0 Å². The molecule has 12 atom stereocenters. The van der Waals surface area contributed by atoms with Gasteiger partial charge in [-0.1, -0.05) is 69.7 Å². The molecule has 3 aliphatic heterocycles. The zero-order valence-electron chi connectivity index (χ0n) is 30.1. The maximum absolute atomic E-state index is 13.9. The molecule has 6 nitrogen and oxygen atoms in total. The van der Waals surface area contributed by atoms with Crippen molar-refractivity contribution >= 4 is 5.97 Å². The normalized spacial score (nSPS) is 37.4. The highest BCUT2D eigenvalue weighted by Crippen LogP contribution is 2.46. The van der Waals surface area contributed by atoms with Gasteiger partial charge in [0.15, 0.2) is 12.6 Å². The van der Waals surface area contributed by atoms with E-state index in [9.17, 15) is 4.79 Å². The Morgan fingerprint density at radius 3 is 1.59 bits per heavy atom. The van der Waals surface area contributed by atoms with Gasteiger partial charge in [-0.3, -0.25) is 4.79 Å². The van der Waals surface area contributed by atoms with Crippen molar-refractivity contribution in [2.75, 3.05) is 0 Å². The van der Waals surface area contributed by atoms with Gasteiger partial charge in [-0.05, 0) is 95.6 Å². The van der Waals surface area contributed by atoms with Gasteiger partial charge in [0.1, 0.15) is 6.10 Å². The van der Waals surface area contributed by atoms with Crippen molar-refractivity contribution in [1.29, 1.82) is 0 Å². The van der Waals surface area contributed by atoms with Crippen molar-refractivity contribution in [3.05, 3.63) is 80.9 Å². The van der Waals surface area contributed by atoms with Gasteiger partial charge < -0.3 is 23.7 Å². The first-order valence-electron chi connectivity index (χ1n) is 17.2. The minimum absolute atomic E-state index is 0.00455. The fraction of sp³-hybridized carbons (Fsp3) is 0.625. The predicted molar refractivity (Wildman–Crippen MR) is 181 cm³/mol. The summed E-state index contributed by atoms with van der Waals surface area (Å²) in [5.74, 6) is -0.747. The number of benzene rings is 2. The molecule has 3 aliphatic rings. The predicted octanol–water partition coefficient (Wildman–Crippen LogP) is 8.87. The molecule has 0 radical (unpaired) electrons. The summed E-state index contributed by atoms with van der Waals surface area (Å²) in [5.41, 5.74) is 10.1. The molecule has 4 bridgehead atoms. The summed E-state index contributed by atoms with van der Waals surface area (Å²) in [4.78, 5) is 13.9. The Hall–Kier alpha value is -2.51. The third kappa shape index (κ3) is 6.60. The average molecular weight is 633 g/mol. The lowest BCUT2D eigenvalue weighted by Crippen LogP contribution is -2.52. The van der Waals surface area contributed by atoms with Crippen LogP contribution in [-0.4, -0.2) is 36.5 Å². The number of ether oxygens (including phenoxy) is 5. The summed E-state index contributed by atoms with van der Waals surface area (Å²) in [6.07, 6.45) is -1.76. The van der Waals surface area contributed by atoms with Crippen molar-refractivity contribution in [2.45, 2.75) is 133 Å². The lowest BCUT2D eigenvalue weighted by molar-refractivity contribution is -0.293. The van der Waals surface area contributed by atoms with Crippen molar-refractivity contribution in [3.63, 3.8) is 0 Å². The summed E-state index contributed by atoms with van der Waals surface area (Å²) < 4.78 is 33.6. The van der Waals surface area contributed by atoms with E-state index in [1.165, 1.54) is 11.1 Å². The molecule has 0 spiro atoms. The van der Waals surface area contributed by atoms with Crippen LogP contribution in [-0.2, 0) is 28.5 Å². The van der Waals surface area contributed by atoms with E-state index in [4.69, 9.17) is 23.7 Å².